The van der Waals surface area contributed by atoms with E-state index in [1.54, 1.807) is 6.08 Å². The Morgan fingerprint density at radius 1 is 1.19 bits per heavy atom. The fraction of sp³-hybridized carbons (Fsp3) is 0.318. The summed E-state index contributed by atoms with van der Waals surface area (Å²) in [6.07, 6.45) is 5.71. The standard InChI is InChI=1S/C22H24ClNO2/c1-17-4-6-18(7-5-17)10-13-22(25)24(16-21-3-2-14-26-21)15-19-8-11-20(23)12-9-19/h4-13,21H,2-3,14-16H2,1H3/b13-10+/t21-/m0/s1. The van der Waals surface area contributed by atoms with Crippen LogP contribution in [0.4, 0.5) is 0 Å². The summed E-state index contributed by atoms with van der Waals surface area (Å²) in [6, 6.07) is 15.8. The number of aryl methyl sites for hydroxylation is 1. The van der Waals surface area contributed by atoms with Gasteiger partial charge in [0, 0.05) is 30.8 Å². The van der Waals surface area contributed by atoms with Crippen molar-refractivity contribution in [3.63, 3.8) is 0 Å². The number of nitrogens with zero attached hydrogens (tertiary/aromatic N) is 1. The van der Waals surface area contributed by atoms with Gasteiger partial charge in [-0.25, -0.2) is 0 Å². The molecule has 1 aliphatic rings. The van der Waals surface area contributed by atoms with Crippen LogP contribution in [0.15, 0.2) is 54.6 Å². The summed E-state index contributed by atoms with van der Waals surface area (Å²) in [6.45, 7) is 3.99. The first-order valence-corrected chi connectivity index (χ1v) is 9.37. The fourth-order valence-electron chi connectivity index (χ4n) is 3.03. The van der Waals surface area contributed by atoms with Crippen molar-refractivity contribution in [2.45, 2.75) is 32.4 Å². The van der Waals surface area contributed by atoms with Crippen molar-refractivity contribution in [2.75, 3.05) is 13.2 Å². The third-order valence-corrected chi connectivity index (χ3v) is 4.79. The van der Waals surface area contributed by atoms with Crippen LogP contribution >= 0.6 is 11.6 Å². The van der Waals surface area contributed by atoms with Crippen molar-refractivity contribution in [3.05, 3.63) is 76.3 Å². The molecule has 3 nitrogen and oxygen atoms in total. The minimum atomic E-state index is -0.00368. The van der Waals surface area contributed by atoms with E-state index in [2.05, 4.69) is 0 Å². The molecule has 1 atom stereocenters. The second kappa shape index (κ2) is 9.02. The number of hydrogen-bond donors (Lipinski definition) is 0. The maximum absolute atomic E-state index is 12.8. The largest absolute Gasteiger partial charge is 0.376 e. The molecule has 0 N–H and O–H groups in total. The molecular formula is C22H24ClNO2. The van der Waals surface area contributed by atoms with Gasteiger partial charge in [-0.1, -0.05) is 53.6 Å². The summed E-state index contributed by atoms with van der Waals surface area (Å²) in [5.41, 5.74) is 3.29. The summed E-state index contributed by atoms with van der Waals surface area (Å²) >= 11 is 5.97. The highest BCUT2D eigenvalue weighted by molar-refractivity contribution is 6.30. The zero-order chi connectivity index (χ0) is 18.4. The number of rotatable bonds is 6. The van der Waals surface area contributed by atoms with Crippen LogP contribution in [0.1, 0.15) is 29.5 Å². The van der Waals surface area contributed by atoms with Crippen molar-refractivity contribution in [1.82, 2.24) is 4.90 Å². The highest BCUT2D eigenvalue weighted by atomic mass is 35.5. The molecule has 0 saturated carbocycles. The predicted octanol–water partition coefficient (Wildman–Crippen LogP) is 4.87. The highest BCUT2D eigenvalue weighted by Crippen LogP contribution is 2.17. The van der Waals surface area contributed by atoms with Gasteiger partial charge in [-0.2, -0.15) is 0 Å². The van der Waals surface area contributed by atoms with Gasteiger partial charge >= 0.3 is 0 Å². The van der Waals surface area contributed by atoms with Gasteiger partial charge in [0.05, 0.1) is 6.10 Å². The highest BCUT2D eigenvalue weighted by Gasteiger charge is 2.21. The van der Waals surface area contributed by atoms with E-state index in [9.17, 15) is 4.79 Å². The summed E-state index contributed by atoms with van der Waals surface area (Å²) in [5.74, 6) is -0.00368. The van der Waals surface area contributed by atoms with Gasteiger partial charge in [0.15, 0.2) is 0 Å². The number of carbonyl (C=O) groups is 1. The summed E-state index contributed by atoms with van der Waals surface area (Å²) < 4.78 is 5.73. The molecule has 1 fully saturated rings. The zero-order valence-corrected chi connectivity index (χ0v) is 15.8. The van der Waals surface area contributed by atoms with Gasteiger partial charge in [-0.3, -0.25) is 4.79 Å². The van der Waals surface area contributed by atoms with Gasteiger partial charge in [0.1, 0.15) is 0 Å². The maximum atomic E-state index is 12.8. The SMILES string of the molecule is Cc1ccc(/C=C/C(=O)N(Cc2ccc(Cl)cc2)C[C@@H]2CCCO2)cc1. The molecule has 0 aliphatic carbocycles. The average Bonchev–Trinajstić information content (AvgIpc) is 3.15. The van der Waals surface area contributed by atoms with Crippen LogP contribution in [0.25, 0.3) is 6.08 Å². The number of amides is 1. The number of halogens is 1. The van der Waals surface area contributed by atoms with Gasteiger partial charge in [-0.15, -0.1) is 0 Å². The topological polar surface area (TPSA) is 29.5 Å². The van der Waals surface area contributed by atoms with Crippen molar-refractivity contribution in [2.24, 2.45) is 0 Å². The number of benzene rings is 2. The lowest BCUT2D eigenvalue weighted by Crippen LogP contribution is -2.35. The molecule has 0 aromatic heterocycles. The normalized spacial score (nSPS) is 16.9. The van der Waals surface area contributed by atoms with Crippen molar-refractivity contribution in [3.8, 4) is 0 Å². The Morgan fingerprint density at radius 2 is 1.92 bits per heavy atom. The molecule has 1 amide bonds. The summed E-state index contributed by atoms with van der Waals surface area (Å²) in [7, 11) is 0. The molecule has 1 aliphatic heterocycles. The molecule has 2 aromatic rings. The maximum Gasteiger partial charge on any atom is 0.246 e. The van der Waals surface area contributed by atoms with E-state index < -0.39 is 0 Å². The molecule has 3 rings (SSSR count). The molecule has 0 spiro atoms. The summed E-state index contributed by atoms with van der Waals surface area (Å²) in [4.78, 5) is 14.7. The Kier molecular flexibility index (Phi) is 6.48. The van der Waals surface area contributed by atoms with Crippen LogP contribution in [0, 0.1) is 6.92 Å². The lowest BCUT2D eigenvalue weighted by Gasteiger charge is -2.24. The van der Waals surface area contributed by atoms with E-state index in [0.717, 1.165) is 30.6 Å². The molecule has 1 saturated heterocycles. The first kappa shape index (κ1) is 18.7. The molecular weight excluding hydrogens is 346 g/mol. The van der Waals surface area contributed by atoms with Crippen LogP contribution in [0.2, 0.25) is 5.02 Å². The Labute approximate surface area is 160 Å². The minimum absolute atomic E-state index is 0.00368. The third kappa shape index (κ3) is 5.45. The van der Waals surface area contributed by atoms with Crippen molar-refractivity contribution < 1.29 is 9.53 Å². The third-order valence-electron chi connectivity index (χ3n) is 4.54. The smallest absolute Gasteiger partial charge is 0.246 e. The zero-order valence-electron chi connectivity index (χ0n) is 15.0. The fourth-order valence-corrected chi connectivity index (χ4v) is 3.15. The number of ether oxygens (including phenoxy) is 1. The second-order valence-electron chi connectivity index (χ2n) is 6.72. The van der Waals surface area contributed by atoms with E-state index >= 15 is 0 Å². The Balaban J connectivity index is 1.71. The molecule has 2 aromatic carbocycles. The molecule has 0 bridgehead atoms. The van der Waals surface area contributed by atoms with E-state index in [-0.39, 0.29) is 12.0 Å². The molecule has 1 heterocycles. The first-order valence-electron chi connectivity index (χ1n) is 9.00. The summed E-state index contributed by atoms with van der Waals surface area (Å²) in [5, 5.41) is 0.699. The van der Waals surface area contributed by atoms with Crippen LogP contribution < -0.4 is 0 Å². The second-order valence-corrected chi connectivity index (χ2v) is 7.16. The Morgan fingerprint density at radius 3 is 2.58 bits per heavy atom. The quantitative estimate of drug-likeness (QED) is 0.680. The number of hydrogen-bond acceptors (Lipinski definition) is 2. The molecule has 4 heteroatoms. The molecule has 26 heavy (non-hydrogen) atoms. The van der Waals surface area contributed by atoms with Crippen molar-refractivity contribution >= 4 is 23.6 Å². The van der Waals surface area contributed by atoms with E-state index in [4.69, 9.17) is 16.3 Å². The van der Waals surface area contributed by atoms with Gasteiger partial charge in [0.25, 0.3) is 0 Å². The van der Waals surface area contributed by atoms with E-state index in [1.165, 1.54) is 5.56 Å². The molecule has 136 valence electrons. The minimum Gasteiger partial charge on any atom is -0.376 e. The lowest BCUT2D eigenvalue weighted by molar-refractivity contribution is -0.128. The van der Waals surface area contributed by atoms with Crippen LogP contribution in [0.3, 0.4) is 0 Å². The number of carbonyl (C=O) groups excluding carboxylic acids is 1. The van der Waals surface area contributed by atoms with Crippen molar-refractivity contribution in [1.29, 1.82) is 0 Å². The predicted molar refractivity (Wildman–Crippen MR) is 106 cm³/mol. The Hall–Kier alpha value is -2.10. The van der Waals surface area contributed by atoms with E-state index in [0.29, 0.717) is 18.1 Å². The monoisotopic (exact) mass is 369 g/mol. The molecule has 0 radical (unpaired) electrons. The molecule has 0 unspecified atom stereocenters. The van der Waals surface area contributed by atoms with Gasteiger partial charge in [0.2, 0.25) is 5.91 Å². The Bertz CT molecular complexity index is 747. The van der Waals surface area contributed by atoms with E-state index in [1.807, 2.05) is 66.4 Å². The van der Waals surface area contributed by atoms with Crippen LogP contribution in [0.5, 0.6) is 0 Å². The lowest BCUT2D eigenvalue weighted by atomic mass is 10.1. The van der Waals surface area contributed by atoms with Crippen LogP contribution in [-0.4, -0.2) is 30.1 Å². The average molecular weight is 370 g/mol. The van der Waals surface area contributed by atoms with Gasteiger partial charge in [-0.05, 0) is 49.1 Å². The first-order chi connectivity index (χ1) is 12.6. The van der Waals surface area contributed by atoms with Gasteiger partial charge < -0.3 is 9.64 Å². The van der Waals surface area contributed by atoms with Crippen LogP contribution in [-0.2, 0) is 16.1 Å².